The number of allylic oxidation sites excluding steroid dienone is 1. The highest BCUT2D eigenvalue weighted by Crippen LogP contribution is 2.47. The molecule has 5 nitrogen and oxygen atoms in total. The fourth-order valence-corrected chi connectivity index (χ4v) is 5.47. The van der Waals surface area contributed by atoms with E-state index in [4.69, 9.17) is 28.2 Å². The van der Waals surface area contributed by atoms with Crippen molar-refractivity contribution in [2.24, 2.45) is 0 Å². The molecule has 0 amide bonds. The fourth-order valence-electron chi connectivity index (χ4n) is 4.90. The monoisotopic (exact) mass is 478 g/mol. The average molecular weight is 479 g/mol. The Morgan fingerprint density at radius 2 is 2.03 bits per heavy atom. The van der Waals surface area contributed by atoms with Gasteiger partial charge < -0.3 is 19.5 Å². The van der Waals surface area contributed by atoms with Crippen molar-refractivity contribution in [3.05, 3.63) is 88.6 Å². The Bertz CT molecular complexity index is 1220. The van der Waals surface area contributed by atoms with Crippen LogP contribution in [-0.4, -0.2) is 27.6 Å². The van der Waals surface area contributed by atoms with Gasteiger partial charge in [-0.2, -0.15) is 0 Å². The van der Waals surface area contributed by atoms with E-state index in [1.54, 1.807) is 6.26 Å². The number of rotatable bonds is 4. The van der Waals surface area contributed by atoms with E-state index in [0.717, 1.165) is 22.7 Å². The molecule has 1 aromatic carbocycles. The Hall–Kier alpha value is -2.83. The molecule has 2 aliphatic rings. The normalized spacial score (nSPS) is 21.6. The molecule has 1 saturated heterocycles. The molecular weight excluding hydrogens is 452 g/mol. The molecule has 2 aromatic heterocycles. The van der Waals surface area contributed by atoms with Gasteiger partial charge in [0.2, 0.25) is 0 Å². The van der Waals surface area contributed by atoms with Gasteiger partial charge in [-0.15, -0.1) is 0 Å². The molecule has 7 heteroatoms. The molecule has 2 aliphatic heterocycles. The minimum atomic E-state index is -0.136. The highest BCUT2D eigenvalue weighted by atomic mass is 35.5. The first-order valence-corrected chi connectivity index (χ1v) is 11.8. The van der Waals surface area contributed by atoms with E-state index >= 15 is 0 Å². The summed E-state index contributed by atoms with van der Waals surface area (Å²) in [6, 6.07) is 13.8. The van der Waals surface area contributed by atoms with Crippen LogP contribution in [0.3, 0.4) is 0 Å². The van der Waals surface area contributed by atoms with Crippen molar-refractivity contribution >= 4 is 40.2 Å². The summed E-state index contributed by atoms with van der Waals surface area (Å²) in [7, 11) is 2.12. The lowest BCUT2D eigenvalue weighted by Crippen LogP contribution is -2.42. The standard InChI is InChI=1S/C26H27ClN4OS/c1-16-14-26(2,3)30(4)22-13-20(27)19(12-18(16)22)24-23(21-9-5-6-10-28-21)29-25(33)31(24)15-17-8-7-11-32-17/h5-14,23-24H,15H2,1-4H3,(H,29,33)/t23-,24+/m0/s1. The average Bonchev–Trinajstić information content (AvgIpc) is 3.41. The van der Waals surface area contributed by atoms with Crippen molar-refractivity contribution in [3.8, 4) is 0 Å². The summed E-state index contributed by atoms with van der Waals surface area (Å²) < 4.78 is 5.65. The number of furan rings is 1. The molecule has 0 aliphatic carbocycles. The van der Waals surface area contributed by atoms with Gasteiger partial charge in [-0.3, -0.25) is 4.98 Å². The number of anilines is 1. The molecule has 33 heavy (non-hydrogen) atoms. The molecule has 2 atom stereocenters. The predicted octanol–water partition coefficient (Wildman–Crippen LogP) is 6.13. The summed E-state index contributed by atoms with van der Waals surface area (Å²) in [5.74, 6) is 0.845. The van der Waals surface area contributed by atoms with E-state index in [1.165, 1.54) is 11.1 Å². The maximum absolute atomic E-state index is 7.01. The fraction of sp³-hybridized carbons (Fsp3) is 0.308. The van der Waals surface area contributed by atoms with Gasteiger partial charge in [0.25, 0.3) is 0 Å². The topological polar surface area (TPSA) is 44.5 Å². The van der Waals surface area contributed by atoms with E-state index in [2.05, 4.69) is 66.1 Å². The maximum atomic E-state index is 7.01. The van der Waals surface area contributed by atoms with Crippen LogP contribution >= 0.6 is 23.8 Å². The summed E-state index contributed by atoms with van der Waals surface area (Å²) >= 11 is 12.8. The quantitative estimate of drug-likeness (QED) is 0.455. The largest absolute Gasteiger partial charge is 0.467 e. The molecule has 3 aromatic rings. The van der Waals surface area contributed by atoms with Gasteiger partial charge in [-0.1, -0.05) is 23.7 Å². The molecule has 0 bridgehead atoms. The van der Waals surface area contributed by atoms with Gasteiger partial charge in [-0.05, 0) is 80.5 Å². The van der Waals surface area contributed by atoms with E-state index in [0.29, 0.717) is 16.7 Å². The Labute approximate surface area is 205 Å². The van der Waals surface area contributed by atoms with Crippen LogP contribution in [0, 0.1) is 0 Å². The lowest BCUT2D eigenvalue weighted by atomic mass is 9.86. The van der Waals surface area contributed by atoms with Crippen molar-refractivity contribution in [2.75, 3.05) is 11.9 Å². The zero-order chi connectivity index (χ0) is 23.3. The van der Waals surface area contributed by atoms with Crippen LogP contribution in [0.2, 0.25) is 5.02 Å². The lowest BCUT2D eigenvalue weighted by Gasteiger charge is -2.41. The van der Waals surface area contributed by atoms with Gasteiger partial charge in [0.1, 0.15) is 5.76 Å². The SMILES string of the molecule is CC1=CC(C)(C)N(C)c2cc(Cl)c([C@@H]3[C@H](c4ccccn4)NC(=S)N3Cc3ccco3)cc21. The van der Waals surface area contributed by atoms with Gasteiger partial charge in [0, 0.05) is 29.5 Å². The van der Waals surface area contributed by atoms with Crippen molar-refractivity contribution < 1.29 is 4.42 Å². The van der Waals surface area contributed by atoms with Gasteiger partial charge in [-0.25, -0.2) is 0 Å². The molecule has 0 radical (unpaired) electrons. The minimum absolute atomic E-state index is 0.0831. The van der Waals surface area contributed by atoms with E-state index in [1.807, 2.05) is 36.5 Å². The number of nitrogens with zero attached hydrogens (tertiary/aromatic N) is 3. The summed E-state index contributed by atoms with van der Waals surface area (Å²) in [5.41, 5.74) is 5.42. The van der Waals surface area contributed by atoms with Crippen molar-refractivity contribution in [1.82, 2.24) is 15.2 Å². The third kappa shape index (κ3) is 3.81. The summed E-state index contributed by atoms with van der Waals surface area (Å²) in [6.07, 6.45) is 5.80. The van der Waals surface area contributed by atoms with Crippen LogP contribution in [0.25, 0.3) is 5.57 Å². The number of nitrogens with one attached hydrogen (secondary N) is 1. The molecule has 170 valence electrons. The predicted molar refractivity (Wildman–Crippen MR) is 137 cm³/mol. The second-order valence-corrected chi connectivity index (χ2v) is 10.1. The van der Waals surface area contributed by atoms with Crippen LogP contribution in [-0.2, 0) is 6.54 Å². The molecule has 0 spiro atoms. The second kappa shape index (κ2) is 8.19. The Balaban J connectivity index is 1.65. The molecule has 5 rings (SSSR count). The second-order valence-electron chi connectivity index (χ2n) is 9.26. The minimum Gasteiger partial charge on any atom is -0.467 e. The first-order valence-electron chi connectivity index (χ1n) is 11.0. The highest BCUT2D eigenvalue weighted by molar-refractivity contribution is 7.80. The van der Waals surface area contributed by atoms with Crippen molar-refractivity contribution in [3.63, 3.8) is 0 Å². The lowest BCUT2D eigenvalue weighted by molar-refractivity contribution is 0.287. The first-order chi connectivity index (χ1) is 15.8. The molecule has 0 unspecified atom stereocenters. The van der Waals surface area contributed by atoms with Gasteiger partial charge in [0.05, 0.1) is 36.1 Å². The number of hydrogen-bond acceptors (Lipinski definition) is 4. The third-order valence-corrected chi connectivity index (χ3v) is 7.44. The van der Waals surface area contributed by atoms with Crippen LogP contribution in [0.15, 0.2) is 65.4 Å². The van der Waals surface area contributed by atoms with Crippen molar-refractivity contribution in [1.29, 1.82) is 0 Å². The zero-order valence-corrected chi connectivity index (χ0v) is 20.7. The molecule has 4 heterocycles. The number of benzene rings is 1. The molecule has 1 N–H and O–H groups in total. The van der Waals surface area contributed by atoms with Crippen LogP contribution in [0.4, 0.5) is 5.69 Å². The molecule has 1 fully saturated rings. The zero-order valence-electron chi connectivity index (χ0n) is 19.2. The Morgan fingerprint density at radius 1 is 1.21 bits per heavy atom. The number of aromatic nitrogens is 1. The van der Waals surface area contributed by atoms with Crippen LogP contribution in [0.5, 0.6) is 0 Å². The molecular formula is C26H27ClN4OS. The molecule has 0 saturated carbocycles. The van der Waals surface area contributed by atoms with E-state index in [-0.39, 0.29) is 17.6 Å². The van der Waals surface area contributed by atoms with Gasteiger partial charge >= 0.3 is 0 Å². The summed E-state index contributed by atoms with van der Waals surface area (Å²) in [5, 5.41) is 4.87. The smallest absolute Gasteiger partial charge is 0.170 e. The number of halogens is 1. The first kappa shape index (κ1) is 22.0. The number of likely N-dealkylation sites (N-methyl/N-ethyl adjacent to an activating group) is 1. The Morgan fingerprint density at radius 3 is 2.73 bits per heavy atom. The van der Waals surface area contributed by atoms with Gasteiger partial charge in [0.15, 0.2) is 5.11 Å². The van der Waals surface area contributed by atoms with Crippen molar-refractivity contribution in [2.45, 2.75) is 44.9 Å². The van der Waals surface area contributed by atoms with E-state index in [9.17, 15) is 0 Å². The number of thiocarbonyl (C=S) groups is 1. The number of hydrogen-bond donors (Lipinski definition) is 1. The number of pyridine rings is 1. The Kier molecular flexibility index (Phi) is 5.46. The third-order valence-electron chi connectivity index (χ3n) is 6.76. The summed E-state index contributed by atoms with van der Waals surface area (Å²) in [4.78, 5) is 9.06. The van der Waals surface area contributed by atoms with Crippen LogP contribution < -0.4 is 10.2 Å². The van der Waals surface area contributed by atoms with Crippen LogP contribution in [0.1, 0.15) is 55.4 Å². The number of fused-ring (bicyclic) bond motifs is 1. The highest BCUT2D eigenvalue weighted by Gasteiger charge is 2.42. The maximum Gasteiger partial charge on any atom is 0.170 e. The summed E-state index contributed by atoms with van der Waals surface area (Å²) in [6.45, 7) is 7.13. The van der Waals surface area contributed by atoms with E-state index < -0.39 is 0 Å².